The van der Waals surface area contributed by atoms with Gasteiger partial charge in [-0.25, -0.2) is 0 Å². The Hall–Kier alpha value is -2.35. The van der Waals surface area contributed by atoms with Gasteiger partial charge in [-0.2, -0.15) is 5.10 Å². The Bertz CT molecular complexity index is 898. The van der Waals surface area contributed by atoms with Gasteiger partial charge in [-0.1, -0.05) is 86.3 Å². The van der Waals surface area contributed by atoms with Gasteiger partial charge in [-0.15, -0.1) is 0 Å². The molecule has 28 heavy (non-hydrogen) atoms. The van der Waals surface area contributed by atoms with E-state index in [1.54, 1.807) is 0 Å². The van der Waals surface area contributed by atoms with Crippen LogP contribution in [0.5, 0.6) is 0 Å². The predicted octanol–water partition coefficient (Wildman–Crippen LogP) is 7.05. The maximum Gasteiger partial charge on any atom is 0.100 e. The van der Waals surface area contributed by atoms with Crippen molar-refractivity contribution in [3.05, 3.63) is 65.9 Å². The highest BCUT2D eigenvalue weighted by molar-refractivity contribution is 5.82. The Kier molecular flexibility index (Phi) is 5.66. The molecule has 0 radical (unpaired) electrons. The number of aryl methyl sites for hydroxylation is 1. The van der Waals surface area contributed by atoms with Crippen LogP contribution in [-0.4, -0.2) is 9.78 Å². The zero-order valence-corrected chi connectivity index (χ0v) is 17.5. The molecule has 0 amide bonds. The van der Waals surface area contributed by atoms with Gasteiger partial charge >= 0.3 is 0 Å². The Morgan fingerprint density at radius 3 is 2.11 bits per heavy atom. The van der Waals surface area contributed by atoms with Crippen molar-refractivity contribution in [2.24, 2.45) is 11.8 Å². The second-order valence-electron chi connectivity index (χ2n) is 8.52. The van der Waals surface area contributed by atoms with Crippen molar-refractivity contribution >= 4 is 0 Å². The van der Waals surface area contributed by atoms with Crippen LogP contribution in [0.3, 0.4) is 0 Å². The topological polar surface area (TPSA) is 17.8 Å². The monoisotopic (exact) mass is 372 g/mol. The summed E-state index contributed by atoms with van der Waals surface area (Å²) in [4.78, 5) is 0. The fourth-order valence-electron chi connectivity index (χ4n) is 4.65. The molecule has 0 atom stereocenters. The molecule has 0 N–H and O–H groups in total. The van der Waals surface area contributed by atoms with Crippen LogP contribution in [0.1, 0.15) is 50.3 Å². The highest BCUT2D eigenvalue weighted by Gasteiger charge is 2.23. The number of rotatable bonds is 5. The third kappa shape index (κ3) is 3.92. The molecule has 1 aliphatic rings. The molecule has 0 aliphatic heterocycles. The fraction of sp³-hybridized carbons (Fsp3) is 0.423. The van der Waals surface area contributed by atoms with E-state index in [0.717, 1.165) is 24.1 Å². The summed E-state index contributed by atoms with van der Waals surface area (Å²) in [7, 11) is 0. The van der Waals surface area contributed by atoms with Crippen molar-refractivity contribution in [1.29, 1.82) is 0 Å². The predicted molar refractivity (Wildman–Crippen MR) is 118 cm³/mol. The first-order valence-corrected chi connectivity index (χ1v) is 10.9. The lowest BCUT2D eigenvalue weighted by atomic mass is 9.81. The summed E-state index contributed by atoms with van der Waals surface area (Å²) >= 11 is 0. The third-order valence-electron chi connectivity index (χ3n) is 6.57. The summed E-state index contributed by atoms with van der Waals surface area (Å²) in [6.07, 6.45) is 6.80. The largest absolute Gasteiger partial charge is 0.268 e. The molecule has 1 saturated carbocycles. The first kappa shape index (κ1) is 19.0. The Balaban J connectivity index is 1.69. The Labute approximate surface area is 169 Å². The smallest absolute Gasteiger partial charge is 0.100 e. The van der Waals surface area contributed by atoms with Gasteiger partial charge in [0.2, 0.25) is 0 Å². The summed E-state index contributed by atoms with van der Waals surface area (Å²) in [5.74, 6) is 1.70. The first-order valence-electron chi connectivity index (χ1n) is 10.9. The normalized spacial score (nSPS) is 19.7. The van der Waals surface area contributed by atoms with E-state index >= 15 is 0 Å². The third-order valence-corrected chi connectivity index (χ3v) is 6.57. The van der Waals surface area contributed by atoms with Crippen LogP contribution in [0.25, 0.3) is 22.4 Å². The van der Waals surface area contributed by atoms with Crippen molar-refractivity contribution in [3.63, 3.8) is 0 Å². The van der Waals surface area contributed by atoms with Crippen molar-refractivity contribution in [2.45, 2.75) is 59.4 Å². The van der Waals surface area contributed by atoms with Crippen molar-refractivity contribution < 1.29 is 0 Å². The van der Waals surface area contributed by atoms with Crippen LogP contribution in [-0.2, 0) is 6.54 Å². The van der Waals surface area contributed by atoms with Crippen LogP contribution < -0.4 is 0 Å². The number of hydrogen-bond acceptors (Lipinski definition) is 1. The zero-order chi connectivity index (χ0) is 19.5. The van der Waals surface area contributed by atoms with E-state index < -0.39 is 0 Å². The second-order valence-corrected chi connectivity index (χ2v) is 8.52. The molecule has 1 fully saturated rings. The van der Waals surface area contributed by atoms with Crippen molar-refractivity contribution in [1.82, 2.24) is 9.78 Å². The van der Waals surface area contributed by atoms with Crippen molar-refractivity contribution in [3.8, 4) is 22.4 Å². The summed E-state index contributed by atoms with van der Waals surface area (Å²) < 4.78 is 2.29. The van der Waals surface area contributed by atoms with Gasteiger partial charge in [-0.05, 0) is 44.1 Å². The Morgan fingerprint density at radius 2 is 1.46 bits per heavy atom. The maximum atomic E-state index is 5.13. The van der Waals surface area contributed by atoms with Crippen LogP contribution in [0, 0.1) is 25.7 Å². The summed E-state index contributed by atoms with van der Waals surface area (Å²) in [6, 6.07) is 19.5. The molecular weight excluding hydrogens is 340 g/mol. The van der Waals surface area contributed by atoms with Crippen LogP contribution >= 0.6 is 0 Å². The number of nitrogens with zero attached hydrogens (tertiary/aromatic N) is 2. The molecule has 1 heterocycles. The van der Waals surface area contributed by atoms with Gasteiger partial charge in [0.15, 0.2) is 0 Å². The van der Waals surface area contributed by atoms with Gasteiger partial charge in [-0.3, -0.25) is 4.68 Å². The van der Waals surface area contributed by atoms with Gasteiger partial charge in [0.05, 0.1) is 0 Å². The minimum Gasteiger partial charge on any atom is -0.268 e. The molecule has 146 valence electrons. The molecule has 0 unspecified atom stereocenters. The first-order chi connectivity index (χ1) is 13.7. The van der Waals surface area contributed by atoms with E-state index in [0.29, 0.717) is 0 Å². The van der Waals surface area contributed by atoms with E-state index in [-0.39, 0.29) is 0 Å². The van der Waals surface area contributed by atoms with Crippen LogP contribution in [0.2, 0.25) is 0 Å². The lowest BCUT2D eigenvalue weighted by molar-refractivity contribution is 0.241. The molecule has 1 aliphatic carbocycles. The fourth-order valence-corrected chi connectivity index (χ4v) is 4.65. The van der Waals surface area contributed by atoms with Crippen LogP contribution in [0.15, 0.2) is 54.6 Å². The highest BCUT2D eigenvalue weighted by atomic mass is 15.3. The molecule has 4 rings (SSSR count). The molecule has 3 aromatic rings. The summed E-state index contributed by atoms with van der Waals surface area (Å²) in [5, 5.41) is 5.13. The Morgan fingerprint density at radius 1 is 0.821 bits per heavy atom. The zero-order valence-electron chi connectivity index (χ0n) is 17.5. The van der Waals surface area contributed by atoms with Crippen molar-refractivity contribution in [2.75, 3.05) is 0 Å². The van der Waals surface area contributed by atoms with E-state index in [9.17, 15) is 0 Å². The van der Waals surface area contributed by atoms with Gasteiger partial charge in [0, 0.05) is 23.4 Å². The molecular formula is C26H32N2. The van der Waals surface area contributed by atoms with E-state index in [4.69, 9.17) is 5.10 Å². The average Bonchev–Trinajstić information content (AvgIpc) is 3.06. The second kappa shape index (κ2) is 8.34. The summed E-state index contributed by atoms with van der Waals surface area (Å²) in [6.45, 7) is 7.77. The van der Waals surface area contributed by atoms with Gasteiger partial charge in [0.25, 0.3) is 0 Å². The highest BCUT2D eigenvalue weighted by Crippen LogP contribution is 2.36. The molecule has 0 spiro atoms. The minimum atomic E-state index is 0.760. The number of aromatic nitrogens is 2. The van der Waals surface area contributed by atoms with Gasteiger partial charge in [0.1, 0.15) is 5.69 Å². The van der Waals surface area contributed by atoms with E-state index in [2.05, 4.69) is 80.1 Å². The number of benzene rings is 2. The van der Waals surface area contributed by atoms with Gasteiger partial charge < -0.3 is 0 Å². The molecule has 0 bridgehead atoms. The lowest BCUT2D eigenvalue weighted by Gasteiger charge is -2.28. The average molecular weight is 373 g/mol. The SMILES string of the molecule is CCC1CCC(Cn2nc(-c3ccccc3)c(-c3ccc(C)cc3)c2C)CC1. The minimum absolute atomic E-state index is 0.760. The lowest BCUT2D eigenvalue weighted by Crippen LogP contribution is -2.20. The standard InChI is InChI=1S/C26H32N2/c1-4-21-12-14-22(15-13-21)18-28-20(3)25(23-16-10-19(2)11-17-23)26(27-28)24-8-6-5-7-9-24/h5-11,16-17,21-22H,4,12-15,18H2,1-3H3. The molecule has 1 aromatic heterocycles. The summed E-state index contributed by atoms with van der Waals surface area (Å²) in [5.41, 5.74) is 7.46. The molecule has 2 nitrogen and oxygen atoms in total. The quantitative estimate of drug-likeness (QED) is 0.469. The molecule has 2 aromatic carbocycles. The van der Waals surface area contributed by atoms with E-state index in [1.807, 2.05) is 0 Å². The number of hydrogen-bond donors (Lipinski definition) is 0. The molecule has 0 saturated heterocycles. The van der Waals surface area contributed by atoms with Crippen LogP contribution in [0.4, 0.5) is 0 Å². The molecule has 2 heteroatoms. The maximum absolute atomic E-state index is 5.13. The van der Waals surface area contributed by atoms with E-state index in [1.165, 1.54) is 60.1 Å².